The fourth-order valence-corrected chi connectivity index (χ4v) is 2.95. The molecule has 1 unspecified atom stereocenters. The maximum atomic E-state index is 12.6. The highest BCUT2D eigenvalue weighted by atomic mass is 16.5. The number of carbonyl (C=O) groups is 1. The fraction of sp³-hybridized carbons (Fsp3) is 0.190. The molecule has 0 radical (unpaired) electrons. The van der Waals surface area contributed by atoms with Crippen LogP contribution in [0.1, 0.15) is 16.1 Å². The zero-order valence-corrected chi connectivity index (χ0v) is 15.2. The van der Waals surface area contributed by atoms with Gasteiger partial charge in [-0.1, -0.05) is 42.5 Å². The minimum absolute atomic E-state index is 0.0142. The molecule has 144 valence electrons. The predicted octanol–water partition coefficient (Wildman–Crippen LogP) is 1.66. The lowest BCUT2D eigenvalue weighted by atomic mass is 10.1. The number of aliphatic hydroxyl groups is 1. The first-order chi connectivity index (χ1) is 13.5. The van der Waals surface area contributed by atoms with Crippen molar-refractivity contribution in [1.29, 1.82) is 0 Å². The van der Waals surface area contributed by atoms with Crippen LogP contribution in [0.3, 0.4) is 0 Å². The Balaban J connectivity index is 1.81. The van der Waals surface area contributed by atoms with E-state index >= 15 is 0 Å². The molecule has 7 heteroatoms. The number of fused-ring (bicyclic) bond motifs is 1. The van der Waals surface area contributed by atoms with Crippen molar-refractivity contribution in [2.24, 2.45) is 5.73 Å². The molecule has 0 aliphatic heterocycles. The van der Waals surface area contributed by atoms with E-state index in [0.717, 1.165) is 10.2 Å². The number of para-hydroxylation sites is 1. The van der Waals surface area contributed by atoms with Gasteiger partial charge in [-0.3, -0.25) is 9.59 Å². The Morgan fingerprint density at radius 2 is 1.89 bits per heavy atom. The molecule has 1 amide bonds. The number of nitrogens with two attached hydrogens (primary N) is 1. The number of primary amides is 1. The summed E-state index contributed by atoms with van der Waals surface area (Å²) in [6.45, 7) is 3.54. The van der Waals surface area contributed by atoms with Gasteiger partial charge in [0.15, 0.2) is 5.69 Å². The summed E-state index contributed by atoms with van der Waals surface area (Å²) in [7, 11) is 0. The van der Waals surface area contributed by atoms with Gasteiger partial charge in [-0.05, 0) is 24.1 Å². The summed E-state index contributed by atoms with van der Waals surface area (Å²) in [6, 6.07) is 14.0. The zero-order valence-electron chi connectivity index (χ0n) is 15.2. The first-order valence-electron chi connectivity index (χ1n) is 8.80. The second-order valence-electron chi connectivity index (χ2n) is 6.31. The van der Waals surface area contributed by atoms with E-state index in [0.29, 0.717) is 22.9 Å². The molecule has 0 spiro atoms. The number of benzene rings is 2. The van der Waals surface area contributed by atoms with Crippen molar-refractivity contribution in [2.75, 3.05) is 6.61 Å². The molecule has 0 aliphatic carbocycles. The van der Waals surface area contributed by atoms with Gasteiger partial charge in [-0.25, -0.2) is 4.68 Å². The zero-order chi connectivity index (χ0) is 20.1. The number of nitrogens with zero attached hydrogens (tertiary/aromatic N) is 2. The number of aliphatic hydroxyl groups excluding tert-OH is 1. The summed E-state index contributed by atoms with van der Waals surface area (Å²) >= 11 is 0. The molecule has 2 aromatic carbocycles. The average Bonchev–Trinajstić information content (AvgIpc) is 2.69. The molecule has 3 rings (SSSR count). The summed E-state index contributed by atoms with van der Waals surface area (Å²) in [5.74, 6) is -0.105. The van der Waals surface area contributed by atoms with Crippen LogP contribution >= 0.6 is 0 Å². The normalized spacial score (nSPS) is 11.9. The Morgan fingerprint density at radius 3 is 2.61 bits per heavy atom. The Labute approximate surface area is 161 Å². The van der Waals surface area contributed by atoms with Gasteiger partial charge >= 0.3 is 0 Å². The van der Waals surface area contributed by atoms with Crippen LogP contribution < -0.4 is 16.0 Å². The summed E-state index contributed by atoms with van der Waals surface area (Å²) in [5.41, 5.74) is 5.92. The Bertz CT molecular complexity index is 1070. The van der Waals surface area contributed by atoms with Crippen molar-refractivity contribution in [3.05, 3.63) is 82.8 Å². The molecule has 3 aromatic rings. The van der Waals surface area contributed by atoms with Gasteiger partial charge in [0.05, 0.1) is 11.9 Å². The maximum Gasteiger partial charge on any atom is 0.274 e. The van der Waals surface area contributed by atoms with E-state index < -0.39 is 17.6 Å². The van der Waals surface area contributed by atoms with Gasteiger partial charge in [0, 0.05) is 5.39 Å². The summed E-state index contributed by atoms with van der Waals surface area (Å²) < 4.78 is 6.74. The van der Waals surface area contributed by atoms with Gasteiger partial charge in [-0.15, -0.1) is 6.58 Å². The molecule has 0 saturated carbocycles. The van der Waals surface area contributed by atoms with E-state index in [2.05, 4.69) is 11.7 Å². The third-order valence-corrected chi connectivity index (χ3v) is 4.25. The van der Waals surface area contributed by atoms with E-state index in [9.17, 15) is 14.7 Å². The third kappa shape index (κ3) is 4.10. The molecule has 0 fully saturated rings. The molecule has 0 aliphatic rings. The van der Waals surface area contributed by atoms with Gasteiger partial charge in [0.1, 0.15) is 18.5 Å². The molecule has 1 heterocycles. The molecule has 0 saturated heterocycles. The van der Waals surface area contributed by atoms with Crippen molar-refractivity contribution in [2.45, 2.75) is 19.1 Å². The van der Waals surface area contributed by atoms with Crippen LogP contribution in [0.25, 0.3) is 10.8 Å². The minimum atomic E-state index is -1.01. The molecule has 3 N–H and O–H groups in total. The number of hydrogen-bond acceptors (Lipinski definition) is 5. The van der Waals surface area contributed by atoms with E-state index in [4.69, 9.17) is 10.5 Å². The third-order valence-electron chi connectivity index (χ3n) is 4.25. The second kappa shape index (κ2) is 8.49. The SMILES string of the molecule is C=CCc1ccccc1OCC(O)Cn1nc(C(N)=O)c2ccccc2c1=O. The first kappa shape index (κ1) is 19.3. The van der Waals surface area contributed by atoms with Crippen LogP contribution in [0.4, 0.5) is 0 Å². The molecule has 1 atom stereocenters. The average molecular weight is 379 g/mol. The Kier molecular flexibility index (Phi) is 5.86. The standard InChI is InChI=1S/C21H21N3O4/c1-2-7-14-8-3-6-11-18(14)28-13-15(25)12-24-21(27)17-10-5-4-9-16(17)19(23-24)20(22)26/h2-6,8-11,15,25H,1,7,12-13H2,(H2,22,26). The molecular weight excluding hydrogens is 358 g/mol. The van der Waals surface area contributed by atoms with Crippen LogP contribution in [-0.4, -0.2) is 33.5 Å². The van der Waals surface area contributed by atoms with Crippen molar-refractivity contribution in [1.82, 2.24) is 9.78 Å². The summed E-state index contributed by atoms with van der Waals surface area (Å²) in [4.78, 5) is 24.4. The van der Waals surface area contributed by atoms with Crippen LogP contribution in [0.15, 0.2) is 66.0 Å². The van der Waals surface area contributed by atoms with Gasteiger partial charge < -0.3 is 15.6 Å². The number of rotatable bonds is 8. The first-order valence-corrected chi connectivity index (χ1v) is 8.80. The van der Waals surface area contributed by atoms with Crippen LogP contribution in [0, 0.1) is 0 Å². The van der Waals surface area contributed by atoms with E-state index in [1.165, 1.54) is 0 Å². The van der Waals surface area contributed by atoms with Crippen LogP contribution in [0.2, 0.25) is 0 Å². The minimum Gasteiger partial charge on any atom is -0.491 e. The number of carbonyl (C=O) groups excluding carboxylic acids is 1. The summed E-state index contributed by atoms with van der Waals surface area (Å²) in [6.07, 6.45) is 1.39. The van der Waals surface area contributed by atoms with Crippen molar-refractivity contribution in [3.8, 4) is 5.75 Å². The quantitative estimate of drug-likeness (QED) is 0.579. The fourth-order valence-electron chi connectivity index (χ4n) is 2.95. The molecule has 0 bridgehead atoms. The topological polar surface area (TPSA) is 107 Å². The Morgan fingerprint density at radius 1 is 1.21 bits per heavy atom. The molecule has 7 nitrogen and oxygen atoms in total. The number of ether oxygens (including phenoxy) is 1. The molecule has 1 aromatic heterocycles. The highest BCUT2D eigenvalue weighted by Crippen LogP contribution is 2.19. The predicted molar refractivity (Wildman–Crippen MR) is 106 cm³/mol. The number of amides is 1. The molecular formula is C21H21N3O4. The second-order valence-corrected chi connectivity index (χ2v) is 6.31. The smallest absolute Gasteiger partial charge is 0.274 e. The van der Waals surface area contributed by atoms with Crippen molar-refractivity contribution >= 4 is 16.7 Å². The number of allylic oxidation sites excluding steroid dienone is 1. The number of hydrogen-bond donors (Lipinski definition) is 2. The molecule has 28 heavy (non-hydrogen) atoms. The van der Waals surface area contributed by atoms with Crippen LogP contribution in [0.5, 0.6) is 5.75 Å². The maximum absolute atomic E-state index is 12.6. The van der Waals surface area contributed by atoms with Crippen molar-refractivity contribution < 1.29 is 14.6 Å². The lowest BCUT2D eigenvalue weighted by Crippen LogP contribution is -2.34. The van der Waals surface area contributed by atoms with Gasteiger partial charge in [-0.2, -0.15) is 5.10 Å². The highest BCUT2D eigenvalue weighted by Gasteiger charge is 2.16. The van der Waals surface area contributed by atoms with E-state index in [-0.39, 0.29) is 18.8 Å². The summed E-state index contributed by atoms with van der Waals surface area (Å²) in [5, 5.41) is 15.1. The lowest BCUT2D eigenvalue weighted by Gasteiger charge is -2.16. The van der Waals surface area contributed by atoms with E-state index in [1.807, 2.05) is 18.2 Å². The highest BCUT2D eigenvalue weighted by molar-refractivity contribution is 6.03. The van der Waals surface area contributed by atoms with E-state index in [1.54, 1.807) is 36.4 Å². The van der Waals surface area contributed by atoms with Gasteiger partial charge in [0.2, 0.25) is 0 Å². The van der Waals surface area contributed by atoms with Crippen molar-refractivity contribution in [3.63, 3.8) is 0 Å². The monoisotopic (exact) mass is 379 g/mol. The largest absolute Gasteiger partial charge is 0.491 e. The Hall–Kier alpha value is -3.45. The van der Waals surface area contributed by atoms with Gasteiger partial charge in [0.25, 0.3) is 11.5 Å². The lowest BCUT2D eigenvalue weighted by molar-refractivity contribution is 0.0867. The van der Waals surface area contributed by atoms with Crippen LogP contribution in [-0.2, 0) is 13.0 Å². The number of aromatic nitrogens is 2.